The number of ether oxygens (including phenoxy) is 1. The van der Waals surface area contributed by atoms with Gasteiger partial charge < -0.3 is 15.8 Å². The Kier molecular flexibility index (Phi) is 4.88. The van der Waals surface area contributed by atoms with E-state index in [2.05, 4.69) is 15.0 Å². The number of aliphatic imine (C=N–C) groups is 1. The molecule has 0 heterocycles. The molecule has 0 aromatic heterocycles. The van der Waals surface area contributed by atoms with Gasteiger partial charge in [-0.3, -0.25) is 0 Å². The normalized spacial score (nSPS) is 15.6. The van der Waals surface area contributed by atoms with Gasteiger partial charge in [-0.15, -0.1) is 0 Å². The molecule has 1 aromatic carbocycles. The lowest BCUT2D eigenvalue weighted by atomic mass is 10.2. The van der Waals surface area contributed by atoms with E-state index in [1.807, 2.05) is 0 Å². The van der Waals surface area contributed by atoms with Crippen molar-refractivity contribution in [2.75, 3.05) is 0 Å². The molecule has 0 unspecified atom stereocenters. The van der Waals surface area contributed by atoms with Gasteiger partial charge in [0.25, 0.3) is 0 Å². The van der Waals surface area contributed by atoms with Gasteiger partial charge in [0.2, 0.25) is 0 Å². The van der Waals surface area contributed by atoms with Crippen LogP contribution in [0, 0.1) is 0 Å². The third kappa shape index (κ3) is 4.38. The van der Waals surface area contributed by atoms with Gasteiger partial charge in [-0.05, 0) is 25.0 Å². The van der Waals surface area contributed by atoms with E-state index in [1.165, 1.54) is 12.1 Å². The second kappa shape index (κ2) is 6.45. The molecule has 20 heavy (non-hydrogen) atoms. The number of halogens is 4. The van der Waals surface area contributed by atoms with Gasteiger partial charge in [-0.25, -0.2) is 4.99 Å². The Morgan fingerprint density at radius 1 is 1.45 bits per heavy atom. The van der Waals surface area contributed by atoms with E-state index in [-0.39, 0.29) is 23.3 Å². The monoisotopic (exact) mass is 323 g/mol. The van der Waals surface area contributed by atoms with Gasteiger partial charge in [-0.2, -0.15) is 8.78 Å². The second-order valence-corrected chi connectivity index (χ2v) is 5.22. The van der Waals surface area contributed by atoms with E-state index in [1.54, 1.807) is 0 Å². The van der Waals surface area contributed by atoms with Crippen molar-refractivity contribution in [3.05, 3.63) is 27.7 Å². The van der Waals surface area contributed by atoms with Crippen molar-refractivity contribution < 1.29 is 13.5 Å². The number of nitrogens with two attached hydrogens (primary N) is 1. The van der Waals surface area contributed by atoms with Crippen molar-refractivity contribution in [2.24, 2.45) is 10.7 Å². The van der Waals surface area contributed by atoms with Gasteiger partial charge in [0, 0.05) is 16.6 Å². The summed E-state index contributed by atoms with van der Waals surface area (Å²) in [7, 11) is 0. The van der Waals surface area contributed by atoms with Crippen molar-refractivity contribution in [3.8, 4) is 5.75 Å². The first-order valence-corrected chi connectivity index (χ1v) is 6.70. The molecule has 1 aliphatic rings. The van der Waals surface area contributed by atoms with E-state index in [0.717, 1.165) is 12.8 Å². The molecule has 2 rings (SSSR count). The van der Waals surface area contributed by atoms with Gasteiger partial charge in [0.05, 0.1) is 11.6 Å². The molecule has 0 radical (unpaired) electrons. The summed E-state index contributed by atoms with van der Waals surface area (Å²) in [5.74, 6) is 0.126. The largest absolute Gasteiger partial charge is 0.433 e. The van der Waals surface area contributed by atoms with E-state index < -0.39 is 6.61 Å². The molecule has 3 N–H and O–H groups in total. The summed E-state index contributed by atoms with van der Waals surface area (Å²) in [6.45, 7) is -2.92. The second-order valence-electron chi connectivity index (χ2n) is 4.37. The fourth-order valence-corrected chi connectivity index (χ4v) is 2.19. The minimum Gasteiger partial charge on any atom is -0.433 e. The summed E-state index contributed by atoms with van der Waals surface area (Å²) in [4.78, 5) is 4.07. The molecular formula is C12H13Cl2F2N3O. The first kappa shape index (κ1) is 15.1. The standard InChI is InChI=1S/C12H13Cl2F2N3O/c13-7-3-6(5-18-12(17)19-8-1-2-8)10(9(14)4-7)20-11(15)16/h3-4,8,11H,1-2,5H2,(H3,17,18,19). The van der Waals surface area contributed by atoms with Gasteiger partial charge in [-0.1, -0.05) is 23.2 Å². The fourth-order valence-electron chi connectivity index (χ4n) is 1.60. The summed E-state index contributed by atoms with van der Waals surface area (Å²) in [6, 6.07) is 3.16. The quantitative estimate of drug-likeness (QED) is 0.646. The van der Waals surface area contributed by atoms with Crippen molar-refractivity contribution in [2.45, 2.75) is 32.0 Å². The van der Waals surface area contributed by atoms with Crippen LogP contribution in [0.3, 0.4) is 0 Å². The maximum atomic E-state index is 12.4. The number of nitrogens with one attached hydrogen (secondary N) is 1. The molecule has 1 aliphatic carbocycles. The molecule has 0 amide bonds. The Bertz CT molecular complexity index is 522. The van der Waals surface area contributed by atoms with Crippen LogP contribution in [-0.4, -0.2) is 18.6 Å². The lowest BCUT2D eigenvalue weighted by Gasteiger charge is -2.12. The molecular weight excluding hydrogens is 311 g/mol. The number of benzene rings is 1. The minimum atomic E-state index is -2.97. The lowest BCUT2D eigenvalue weighted by Crippen LogP contribution is -2.33. The number of guanidine groups is 1. The summed E-state index contributed by atoms with van der Waals surface area (Å²) >= 11 is 11.7. The Labute approximate surface area is 124 Å². The molecule has 0 atom stereocenters. The van der Waals surface area contributed by atoms with Crippen LogP contribution in [0.1, 0.15) is 18.4 Å². The zero-order valence-corrected chi connectivity index (χ0v) is 11.9. The van der Waals surface area contributed by atoms with E-state index in [9.17, 15) is 8.78 Å². The number of rotatable bonds is 5. The maximum Gasteiger partial charge on any atom is 0.387 e. The topological polar surface area (TPSA) is 59.6 Å². The van der Waals surface area contributed by atoms with E-state index in [4.69, 9.17) is 28.9 Å². The number of hydrogen-bond acceptors (Lipinski definition) is 2. The predicted octanol–water partition coefficient (Wildman–Crippen LogP) is 3.16. The van der Waals surface area contributed by atoms with E-state index in [0.29, 0.717) is 16.6 Å². The highest BCUT2D eigenvalue weighted by Crippen LogP contribution is 2.34. The SMILES string of the molecule is NC(=NCc1cc(Cl)cc(Cl)c1OC(F)F)NC1CC1. The molecule has 8 heteroatoms. The maximum absolute atomic E-state index is 12.4. The summed E-state index contributed by atoms with van der Waals surface area (Å²) < 4.78 is 29.1. The van der Waals surface area contributed by atoms with Gasteiger partial charge in [0.1, 0.15) is 5.75 Å². The zero-order chi connectivity index (χ0) is 14.7. The number of hydrogen-bond donors (Lipinski definition) is 2. The van der Waals surface area contributed by atoms with Crippen LogP contribution in [0.2, 0.25) is 10.0 Å². The van der Waals surface area contributed by atoms with Crippen LogP contribution in [0.15, 0.2) is 17.1 Å². The smallest absolute Gasteiger partial charge is 0.387 e. The van der Waals surface area contributed by atoms with Crippen LogP contribution in [0.5, 0.6) is 5.75 Å². The van der Waals surface area contributed by atoms with Crippen LogP contribution < -0.4 is 15.8 Å². The lowest BCUT2D eigenvalue weighted by molar-refractivity contribution is -0.0503. The average Bonchev–Trinajstić information content (AvgIpc) is 3.14. The zero-order valence-electron chi connectivity index (χ0n) is 10.4. The van der Waals surface area contributed by atoms with Crippen molar-refractivity contribution in [1.82, 2.24) is 5.32 Å². The fraction of sp³-hybridized carbons (Fsp3) is 0.417. The molecule has 0 aliphatic heterocycles. The number of nitrogens with zero attached hydrogens (tertiary/aromatic N) is 1. The van der Waals surface area contributed by atoms with Crippen LogP contribution in [0.25, 0.3) is 0 Å². The molecule has 1 saturated carbocycles. The van der Waals surface area contributed by atoms with Gasteiger partial charge in [0.15, 0.2) is 5.96 Å². The third-order valence-corrected chi connectivity index (χ3v) is 3.14. The molecule has 110 valence electrons. The van der Waals surface area contributed by atoms with Crippen LogP contribution in [0.4, 0.5) is 8.78 Å². The van der Waals surface area contributed by atoms with Crippen molar-refractivity contribution in [1.29, 1.82) is 0 Å². The number of alkyl halides is 2. The highest BCUT2D eigenvalue weighted by Gasteiger charge is 2.21. The van der Waals surface area contributed by atoms with E-state index >= 15 is 0 Å². The first-order valence-electron chi connectivity index (χ1n) is 5.95. The molecule has 1 fully saturated rings. The minimum absolute atomic E-state index is 0.0109. The highest BCUT2D eigenvalue weighted by molar-refractivity contribution is 6.35. The van der Waals surface area contributed by atoms with Crippen LogP contribution >= 0.6 is 23.2 Å². The summed E-state index contributed by atoms with van der Waals surface area (Å²) in [6.07, 6.45) is 2.11. The Balaban J connectivity index is 2.15. The molecule has 1 aromatic rings. The molecule has 0 bridgehead atoms. The van der Waals surface area contributed by atoms with Crippen molar-refractivity contribution in [3.63, 3.8) is 0 Å². The summed E-state index contributed by atoms with van der Waals surface area (Å²) in [5.41, 5.74) is 6.02. The van der Waals surface area contributed by atoms with Gasteiger partial charge >= 0.3 is 6.61 Å². The van der Waals surface area contributed by atoms with Crippen LogP contribution in [-0.2, 0) is 6.54 Å². The van der Waals surface area contributed by atoms with Crippen molar-refractivity contribution >= 4 is 29.2 Å². The summed E-state index contributed by atoms with van der Waals surface area (Å²) in [5, 5.41) is 3.31. The highest BCUT2D eigenvalue weighted by atomic mass is 35.5. The average molecular weight is 324 g/mol. The molecule has 0 spiro atoms. The third-order valence-electron chi connectivity index (χ3n) is 2.64. The molecule has 0 saturated heterocycles. The Morgan fingerprint density at radius 2 is 2.15 bits per heavy atom. The molecule has 4 nitrogen and oxygen atoms in total. The Morgan fingerprint density at radius 3 is 2.75 bits per heavy atom. The first-order chi connectivity index (χ1) is 9.45. The predicted molar refractivity (Wildman–Crippen MR) is 74.6 cm³/mol. The Hall–Kier alpha value is -1.27.